The van der Waals surface area contributed by atoms with Gasteiger partial charge in [0, 0.05) is 55.4 Å². The second kappa shape index (κ2) is 18.5. The van der Waals surface area contributed by atoms with Crippen molar-refractivity contribution in [3.63, 3.8) is 0 Å². The molecular formula is C78H62N2O2. The van der Waals surface area contributed by atoms with E-state index in [4.69, 9.17) is 8.83 Å². The Bertz CT molecular complexity index is 4580. The number of fused-ring (bicyclic) bond motifs is 12. The number of nitrogens with zero attached hydrogens (tertiary/aromatic N) is 2. The molecule has 2 heterocycles. The third-order valence-corrected chi connectivity index (χ3v) is 17.2. The van der Waals surface area contributed by atoms with Gasteiger partial charge in [0.15, 0.2) is 11.2 Å². The SMILES string of the molecule is Cc1ccc(-c2ccccc2)cc1N(c1ccc2cc3c(cc2c1)-c1cc2ccc(N(c4cc(-c5ccccc5)ccc4C)c4cccc5c4oc4c(C(C)(C)C)cccc45)cc2cc1-3)c1cccc2c1oc1c(C(C)(C)C)cccc12. The van der Waals surface area contributed by atoms with Gasteiger partial charge in [0.2, 0.25) is 0 Å². The summed E-state index contributed by atoms with van der Waals surface area (Å²) in [5.74, 6) is 0. The molecular weight excluding hydrogens is 997 g/mol. The van der Waals surface area contributed by atoms with Crippen molar-refractivity contribution in [2.45, 2.75) is 66.2 Å². The summed E-state index contributed by atoms with van der Waals surface area (Å²) in [5, 5.41) is 9.25. The molecule has 4 nitrogen and oxygen atoms in total. The highest BCUT2D eigenvalue weighted by Gasteiger charge is 2.29. The van der Waals surface area contributed by atoms with Crippen molar-refractivity contribution in [3.8, 4) is 44.5 Å². The van der Waals surface area contributed by atoms with Crippen LogP contribution in [0.1, 0.15) is 63.8 Å². The fraction of sp³-hybridized carbons (Fsp3) is 0.128. The molecule has 2 aromatic heterocycles. The monoisotopic (exact) mass is 1060 g/mol. The van der Waals surface area contributed by atoms with Gasteiger partial charge in [-0.1, -0.05) is 199 Å². The zero-order chi connectivity index (χ0) is 55.8. The number of hydrogen-bond acceptors (Lipinski definition) is 4. The van der Waals surface area contributed by atoms with E-state index >= 15 is 0 Å². The maximum atomic E-state index is 7.11. The van der Waals surface area contributed by atoms with Crippen molar-refractivity contribution in [1.82, 2.24) is 0 Å². The van der Waals surface area contributed by atoms with Crippen molar-refractivity contribution in [2.24, 2.45) is 0 Å². The molecule has 0 unspecified atom stereocenters. The molecule has 0 saturated heterocycles. The summed E-state index contributed by atoms with van der Waals surface area (Å²) in [6.45, 7) is 18.0. The molecule has 14 aromatic rings. The van der Waals surface area contributed by atoms with E-state index in [1.807, 2.05) is 0 Å². The van der Waals surface area contributed by atoms with Crippen LogP contribution in [0.25, 0.3) is 110 Å². The fourth-order valence-corrected chi connectivity index (χ4v) is 13.0. The molecule has 0 aliphatic heterocycles. The second-order valence-corrected chi connectivity index (χ2v) is 24.6. The van der Waals surface area contributed by atoms with Crippen molar-refractivity contribution in [2.75, 3.05) is 9.80 Å². The first-order chi connectivity index (χ1) is 39.7. The Balaban J connectivity index is 0.862. The molecule has 0 spiro atoms. The lowest BCUT2D eigenvalue weighted by molar-refractivity contribution is 0.572. The third kappa shape index (κ3) is 7.95. The summed E-state index contributed by atoms with van der Waals surface area (Å²) >= 11 is 0. The Hall–Kier alpha value is -9.64. The summed E-state index contributed by atoms with van der Waals surface area (Å²) in [6, 6.07) is 84.9. The van der Waals surface area contributed by atoms with E-state index in [2.05, 4.69) is 296 Å². The maximum Gasteiger partial charge on any atom is 0.159 e. The highest BCUT2D eigenvalue weighted by atomic mass is 16.3. The fourth-order valence-electron chi connectivity index (χ4n) is 13.0. The highest BCUT2D eigenvalue weighted by Crippen LogP contribution is 2.53. The van der Waals surface area contributed by atoms with E-state index in [0.717, 1.165) is 89.1 Å². The minimum atomic E-state index is -0.0954. The van der Waals surface area contributed by atoms with Crippen LogP contribution in [-0.4, -0.2) is 0 Å². The number of benzene rings is 12. The molecule has 1 aliphatic rings. The van der Waals surface area contributed by atoms with Gasteiger partial charge >= 0.3 is 0 Å². The molecule has 396 valence electrons. The third-order valence-electron chi connectivity index (χ3n) is 17.2. The predicted octanol–water partition coefficient (Wildman–Crippen LogP) is 22.9. The number of rotatable bonds is 8. The number of hydrogen-bond donors (Lipinski definition) is 0. The second-order valence-electron chi connectivity index (χ2n) is 24.6. The molecule has 0 saturated carbocycles. The Kier molecular flexibility index (Phi) is 11.1. The van der Waals surface area contributed by atoms with E-state index in [0.29, 0.717) is 0 Å². The van der Waals surface area contributed by atoms with Gasteiger partial charge in [0.1, 0.15) is 11.2 Å². The Morgan fingerprint density at radius 2 is 0.646 bits per heavy atom. The normalized spacial score (nSPS) is 12.4. The van der Waals surface area contributed by atoms with Crippen LogP contribution in [0.4, 0.5) is 34.1 Å². The smallest absolute Gasteiger partial charge is 0.159 e. The van der Waals surface area contributed by atoms with Gasteiger partial charge in [-0.3, -0.25) is 0 Å². The van der Waals surface area contributed by atoms with Gasteiger partial charge in [-0.25, -0.2) is 0 Å². The van der Waals surface area contributed by atoms with Crippen LogP contribution >= 0.6 is 0 Å². The minimum absolute atomic E-state index is 0.0954. The maximum absolute atomic E-state index is 7.11. The Morgan fingerprint density at radius 1 is 0.280 bits per heavy atom. The van der Waals surface area contributed by atoms with E-state index in [9.17, 15) is 0 Å². The number of para-hydroxylation sites is 4. The van der Waals surface area contributed by atoms with Gasteiger partial charge in [-0.2, -0.15) is 0 Å². The largest absolute Gasteiger partial charge is 0.454 e. The van der Waals surface area contributed by atoms with Gasteiger partial charge in [-0.15, -0.1) is 0 Å². The summed E-state index contributed by atoms with van der Waals surface area (Å²) < 4.78 is 14.2. The van der Waals surface area contributed by atoms with E-state index in [1.54, 1.807) is 0 Å². The van der Waals surface area contributed by atoms with Crippen LogP contribution in [0, 0.1) is 13.8 Å². The lowest BCUT2D eigenvalue weighted by Crippen LogP contribution is -2.12. The summed E-state index contributed by atoms with van der Waals surface area (Å²) in [4.78, 5) is 4.84. The molecule has 1 aliphatic carbocycles. The first-order valence-corrected chi connectivity index (χ1v) is 28.7. The molecule has 0 bridgehead atoms. The molecule has 82 heavy (non-hydrogen) atoms. The number of furan rings is 2. The standard InChI is InChI=1S/C78H62N2O2/c1-47-31-33-53(49-19-11-9-12-20-49)45-71(47)79(69-29-17-25-61-59-23-15-27-67(77(3,4)5)73(59)81-75(61)69)57-37-35-51-41-63-65(43-55(51)39-57)64-42-52-36-38-58(40-56(52)44-66(63)64)80(72-46-54(34-32-48(72)2)50-21-13-10-14-22-50)70-30-18-26-62-60-24-16-28-68(78(6,7)8)74(60)82-76(62)70/h9-46H,1-8H3. The van der Waals surface area contributed by atoms with Gasteiger partial charge < -0.3 is 18.6 Å². The van der Waals surface area contributed by atoms with Crippen LogP contribution in [0.2, 0.25) is 0 Å². The van der Waals surface area contributed by atoms with Gasteiger partial charge in [0.25, 0.3) is 0 Å². The Morgan fingerprint density at radius 3 is 1.04 bits per heavy atom. The van der Waals surface area contributed by atoms with Crippen LogP contribution in [0.5, 0.6) is 0 Å². The topological polar surface area (TPSA) is 32.8 Å². The molecule has 4 heteroatoms. The highest BCUT2D eigenvalue weighted by molar-refractivity contribution is 6.15. The van der Waals surface area contributed by atoms with E-state index in [-0.39, 0.29) is 10.8 Å². The zero-order valence-electron chi connectivity index (χ0n) is 47.7. The van der Waals surface area contributed by atoms with Gasteiger partial charge in [0.05, 0.1) is 11.4 Å². The predicted molar refractivity (Wildman–Crippen MR) is 348 cm³/mol. The number of anilines is 6. The summed E-state index contributed by atoms with van der Waals surface area (Å²) in [6.07, 6.45) is 0. The van der Waals surface area contributed by atoms with E-state index < -0.39 is 0 Å². The average molecular weight is 1060 g/mol. The first-order valence-electron chi connectivity index (χ1n) is 28.7. The molecule has 15 rings (SSSR count). The molecule has 12 aromatic carbocycles. The Labute approximate surface area is 479 Å². The zero-order valence-corrected chi connectivity index (χ0v) is 47.7. The van der Waals surface area contributed by atoms with Crippen LogP contribution in [0.15, 0.2) is 239 Å². The van der Waals surface area contributed by atoms with Crippen molar-refractivity contribution in [1.29, 1.82) is 0 Å². The van der Waals surface area contributed by atoms with Crippen LogP contribution < -0.4 is 9.80 Å². The van der Waals surface area contributed by atoms with Crippen molar-refractivity contribution in [3.05, 3.63) is 253 Å². The molecule has 0 fully saturated rings. The quantitative estimate of drug-likeness (QED) is 0.152. The van der Waals surface area contributed by atoms with Gasteiger partial charge in [-0.05, 0) is 175 Å². The first kappa shape index (κ1) is 49.4. The van der Waals surface area contributed by atoms with Crippen LogP contribution in [0.3, 0.4) is 0 Å². The molecule has 0 N–H and O–H groups in total. The average Bonchev–Trinajstić information content (AvgIpc) is 1.75. The van der Waals surface area contributed by atoms with Crippen molar-refractivity contribution >= 4 is 99.5 Å². The molecule has 0 atom stereocenters. The lowest BCUT2D eigenvalue weighted by Gasteiger charge is -2.30. The molecule has 0 radical (unpaired) electrons. The van der Waals surface area contributed by atoms with E-state index in [1.165, 1.54) is 77.2 Å². The van der Waals surface area contributed by atoms with Crippen molar-refractivity contribution < 1.29 is 8.83 Å². The summed E-state index contributed by atoms with van der Waals surface area (Å²) in [5.41, 5.74) is 24.3. The molecule has 0 amide bonds. The lowest BCUT2D eigenvalue weighted by atomic mass is 9.78. The summed E-state index contributed by atoms with van der Waals surface area (Å²) in [7, 11) is 0. The minimum Gasteiger partial charge on any atom is -0.454 e. The van der Waals surface area contributed by atoms with Crippen LogP contribution in [-0.2, 0) is 10.8 Å². The number of aryl methyl sites for hydroxylation is 2.